The van der Waals surface area contributed by atoms with Crippen molar-refractivity contribution in [1.82, 2.24) is 37.2 Å². The molecule has 7 amide bonds. The molecule has 0 aromatic heterocycles. The summed E-state index contributed by atoms with van der Waals surface area (Å²) in [6.07, 6.45) is 1.18. The molecule has 19 nitrogen and oxygen atoms in total. The summed E-state index contributed by atoms with van der Waals surface area (Å²) in [7, 11) is 0. The molecule has 2 aliphatic rings. The fourth-order valence-electron chi connectivity index (χ4n) is 4.84. The van der Waals surface area contributed by atoms with Gasteiger partial charge < -0.3 is 64.5 Å². The van der Waals surface area contributed by atoms with Gasteiger partial charge in [-0.05, 0) is 44.5 Å². The molecular formula is C32H42N12O7. The average Bonchev–Trinajstić information content (AvgIpc) is 3.10. The number of nitrogens with zero attached hydrogens (tertiary/aromatic N) is 1. The minimum Gasteiger partial charge on any atom is -0.457 e. The molecule has 2 aromatic rings. The lowest BCUT2D eigenvalue weighted by molar-refractivity contribution is -0.132. The molecule has 1 saturated heterocycles. The minimum atomic E-state index is -1.38. The monoisotopic (exact) mass is 706 g/mol. The molecule has 5 atom stereocenters. The number of nitrogens with one attached hydrogen (secondary N) is 8. The van der Waals surface area contributed by atoms with Gasteiger partial charge in [0.1, 0.15) is 41.4 Å². The number of aliphatic imine (C=N–C) groups is 1. The standard InChI is InChI=1S/C32H42N12O7/c1-16-6-8-19(9-7-16)51-20-5-3-4-18(12-20)40-32(50)38-15-24-29(48)44-25(22-10-11-36-31(35)43-22)30(49)37-14-21(34)27(46)39-17(2)26(45)41-23(13-33)28(47)42-24/h3-9,12,15,17,21-23,25H,10-11,13-14,33-34H2,1-2H3,(H,37,49)(H,39,46)(H,41,45)(H,42,47)(H,44,48)(H3,35,36,43)(H2,38,40,50)/b24-15-/t17-,21-,22?,23-,25-/m0/s1. The van der Waals surface area contributed by atoms with Gasteiger partial charge in [-0.2, -0.15) is 0 Å². The highest BCUT2D eigenvalue weighted by atomic mass is 16.5. The quantitative estimate of drug-likeness (QED) is 0.139. The van der Waals surface area contributed by atoms with Crippen LogP contribution in [0.2, 0.25) is 0 Å². The third kappa shape index (κ3) is 10.9. The Kier molecular flexibility index (Phi) is 12.9. The molecule has 2 heterocycles. The average molecular weight is 707 g/mol. The molecule has 4 rings (SSSR count). The Hall–Kier alpha value is -6.21. The van der Waals surface area contributed by atoms with E-state index in [9.17, 15) is 28.8 Å². The van der Waals surface area contributed by atoms with Gasteiger partial charge in [-0.1, -0.05) is 23.8 Å². The van der Waals surface area contributed by atoms with E-state index in [4.69, 9.17) is 21.9 Å². The molecule has 1 unspecified atom stereocenters. The Labute approximate surface area is 292 Å². The first-order valence-electron chi connectivity index (χ1n) is 16.0. The van der Waals surface area contributed by atoms with Crippen molar-refractivity contribution in [3.8, 4) is 11.5 Å². The third-order valence-corrected chi connectivity index (χ3v) is 7.68. The molecule has 14 N–H and O–H groups in total. The van der Waals surface area contributed by atoms with Gasteiger partial charge in [0.15, 0.2) is 5.96 Å². The molecule has 1 fully saturated rings. The second-order valence-electron chi connectivity index (χ2n) is 11.7. The Morgan fingerprint density at radius 2 is 1.71 bits per heavy atom. The van der Waals surface area contributed by atoms with Gasteiger partial charge >= 0.3 is 6.03 Å². The van der Waals surface area contributed by atoms with Crippen molar-refractivity contribution in [1.29, 1.82) is 0 Å². The van der Waals surface area contributed by atoms with Crippen molar-refractivity contribution in [2.75, 3.05) is 25.0 Å². The number of benzene rings is 2. The van der Waals surface area contributed by atoms with Gasteiger partial charge in [-0.3, -0.25) is 29.0 Å². The van der Waals surface area contributed by atoms with Crippen LogP contribution in [0, 0.1) is 6.92 Å². The Bertz CT molecular complexity index is 1700. The molecule has 0 radical (unpaired) electrons. The van der Waals surface area contributed by atoms with E-state index < -0.39 is 78.0 Å². The van der Waals surface area contributed by atoms with E-state index in [1.165, 1.54) is 6.92 Å². The molecule has 0 saturated carbocycles. The molecular weight excluding hydrogens is 664 g/mol. The van der Waals surface area contributed by atoms with Gasteiger partial charge in [-0.25, -0.2) is 4.79 Å². The highest BCUT2D eigenvalue weighted by molar-refractivity contribution is 6.02. The van der Waals surface area contributed by atoms with Crippen LogP contribution in [-0.4, -0.2) is 91.4 Å². The first kappa shape index (κ1) is 37.6. The van der Waals surface area contributed by atoms with Crippen molar-refractivity contribution in [2.24, 2.45) is 22.2 Å². The van der Waals surface area contributed by atoms with Crippen molar-refractivity contribution < 1.29 is 33.5 Å². The molecule has 0 aliphatic carbocycles. The van der Waals surface area contributed by atoms with Crippen molar-refractivity contribution >= 4 is 47.2 Å². The summed E-state index contributed by atoms with van der Waals surface area (Å²) >= 11 is 0. The van der Waals surface area contributed by atoms with Crippen LogP contribution >= 0.6 is 0 Å². The maximum absolute atomic E-state index is 13.7. The number of hydrogen-bond acceptors (Lipinski definition) is 12. The maximum Gasteiger partial charge on any atom is 0.323 e. The second-order valence-corrected chi connectivity index (χ2v) is 11.7. The predicted octanol–water partition coefficient (Wildman–Crippen LogP) is -2.57. The molecule has 272 valence electrons. The summed E-state index contributed by atoms with van der Waals surface area (Å²) in [6, 6.07) is 7.22. The number of ether oxygens (including phenoxy) is 1. The van der Waals surface area contributed by atoms with E-state index in [-0.39, 0.29) is 25.5 Å². The summed E-state index contributed by atoms with van der Waals surface area (Å²) in [6.45, 7) is 2.78. The summed E-state index contributed by atoms with van der Waals surface area (Å²) in [5.74, 6) is -3.17. The van der Waals surface area contributed by atoms with Crippen LogP contribution in [0.15, 0.2) is 65.4 Å². The van der Waals surface area contributed by atoms with E-state index in [1.807, 2.05) is 19.1 Å². The van der Waals surface area contributed by atoms with Crippen molar-refractivity contribution in [3.05, 3.63) is 66.0 Å². The number of urea groups is 1. The number of hydrogen-bond donors (Lipinski definition) is 11. The maximum atomic E-state index is 13.7. The largest absolute Gasteiger partial charge is 0.457 e. The number of aryl methyl sites for hydroxylation is 1. The SMILES string of the molecule is Cc1ccc(Oc2cccc(NC(=O)N/C=C3\NC(=O)[C@H](CN)NC(=O)[C@H](C)NC(=O)[C@@H](N)CNC(=O)[C@H](C4CCN=C(N)N4)NC3=O)c2)cc1. The van der Waals surface area contributed by atoms with E-state index in [2.05, 4.69) is 47.5 Å². The molecule has 51 heavy (non-hydrogen) atoms. The summed E-state index contributed by atoms with van der Waals surface area (Å²) in [4.78, 5) is 82.8. The van der Waals surface area contributed by atoms with E-state index in [1.54, 1.807) is 36.4 Å². The smallest absolute Gasteiger partial charge is 0.323 e. The fraction of sp³-hybridized carbons (Fsp3) is 0.344. The first-order chi connectivity index (χ1) is 24.3. The number of anilines is 1. The second kappa shape index (κ2) is 17.4. The summed E-state index contributed by atoms with van der Waals surface area (Å²) < 4.78 is 5.85. The third-order valence-electron chi connectivity index (χ3n) is 7.68. The van der Waals surface area contributed by atoms with Crippen LogP contribution in [0.1, 0.15) is 18.9 Å². The van der Waals surface area contributed by atoms with Crippen LogP contribution in [0.3, 0.4) is 0 Å². The lowest BCUT2D eigenvalue weighted by atomic mass is 10.0. The molecule has 19 heteroatoms. The Morgan fingerprint density at radius 1 is 0.961 bits per heavy atom. The van der Waals surface area contributed by atoms with Crippen molar-refractivity contribution in [2.45, 2.75) is 50.5 Å². The molecule has 0 bridgehead atoms. The van der Waals surface area contributed by atoms with Crippen LogP contribution < -0.4 is 64.5 Å². The van der Waals surface area contributed by atoms with Gasteiger partial charge in [0, 0.05) is 37.6 Å². The number of rotatable bonds is 6. The van der Waals surface area contributed by atoms with Gasteiger partial charge in [0.2, 0.25) is 23.6 Å². The number of nitrogens with two attached hydrogens (primary N) is 3. The highest BCUT2D eigenvalue weighted by Crippen LogP contribution is 2.24. The minimum absolute atomic E-state index is 0.0303. The van der Waals surface area contributed by atoms with E-state index in [0.717, 1.165) is 11.8 Å². The predicted molar refractivity (Wildman–Crippen MR) is 186 cm³/mol. The van der Waals surface area contributed by atoms with Gasteiger partial charge in [-0.15, -0.1) is 0 Å². The van der Waals surface area contributed by atoms with E-state index in [0.29, 0.717) is 17.2 Å². The number of carbonyl (C=O) groups excluding carboxylic acids is 6. The lowest BCUT2D eigenvalue weighted by Gasteiger charge is -2.31. The summed E-state index contributed by atoms with van der Waals surface area (Å²) in [5.41, 5.74) is 18.4. The van der Waals surface area contributed by atoms with Crippen molar-refractivity contribution in [3.63, 3.8) is 0 Å². The summed E-state index contributed by atoms with van der Waals surface area (Å²) in [5, 5.41) is 20.1. The topological polar surface area (TPSA) is 298 Å². The molecule has 2 aromatic carbocycles. The molecule has 0 spiro atoms. The van der Waals surface area contributed by atoms with Crippen LogP contribution in [0.5, 0.6) is 11.5 Å². The van der Waals surface area contributed by atoms with Gasteiger partial charge in [0.25, 0.3) is 5.91 Å². The number of carbonyl (C=O) groups is 6. The zero-order valence-electron chi connectivity index (χ0n) is 27.9. The normalized spacial score (nSPS) is 24.4. The number of guanidine groups is 1. The lowest BCUT2D eigenvalue weighted by Crippen LogP contribution is -2.63. The fourth-order valence-corrected chi connectivity index (χ4v) is 4.84. The Balaban J connectivity index is 1.58. The zero-order valence-corrected chi connectivity index (χ0v) is 27.9. The highest BCUT2D eigenvalue weighted by Gasteiger charge is 2.34. The number of amides is 7. The van der Waals surface area contributed by atoms with Crippen LogP contribution in [0.25, 0.3) is 0 Å². The first-order valence-corrected chi connectivity index (χ1v) is 16.0. The Morgan fingerprint density at radius 3 is 2.41 bits per heavy atom. The molecule has 2 aliphatic heterocycles. The van der Waals surface area contributed by atoms with E-state index >= 15 is 0 Å². The van der Waals surface area contributed by atoms with Crippen LogP contribution in [0.4, 0.5) is 10.5 Å². The van der Waals surface area contributed by atoms with Gasteiger partial charge in [0.05, 0.1) is 6.04 Å². The van der Waals surface area contributed by atoms with Crippen LogP contribution in [-0.2, 0) is 24.0 Å². The zero-order chi connectivity index (χ0) is 37.1.